The Bertz CT molecular complexity index is 976. The molecular formula is C22H25Br4N3O5. The third-order valence-electron chi connectivity index (χ3n) is 4.92. The number of oxime groups is 1. The van der Waals surface area contributed by atoms with Gasteiger partial charge in [-0.1, -0.05) is 21.1 Å². The molecule has 0 fully saturated rings. The quantitative estimate of drug-likeness (QED) is 0.351. The molecule has 1 aromatic rings. The predicted octanol–water partition coefficient (Wildman–Crippen LogP) is 4.86. The van der Waals surface area contributed by atoms with Crippen molar-refractivity contribution in [3.05, 3.63) is 47.4 Å². The molecule has 186 valence electrons. The summed E-state index contributed by atoms with van der Waals surface area (Å²) in [6, 6.07) is 4.01. The van der Waals surface area contributed by atoms with Crippen LogP contribution < -0.4 is 15.8 Å². The normalized spacial score (nSPS) is 19.0. The van der Waals surface area contributed by atoms with E-state index in [9.17, 15) is 4.79 Å². The lowest BCUT2D eigenvalue weighted by atomic mass is 9.89. The zero-order valence-electron chi connectivity index (χ0n) is 18.5. The Morgan fingerprint density at radius 3 is 2.50 bits per heavy atom. The summed E-state index contributed by atoms with van der Waals surface area (Å²) >= 11 is 14.1. The fourth-order valence-electron chi connectivity index (χ4n) is 3.43. The van der Waals surface area contributed by atoms with E-state index in [0.29, 0.717) is 50.4 Å². The number of nitrogens with zero attached hydrogens (tertiary/aromatic N) is 1. The van der Waals surface area contributed by atoms with Gasteiger partial charge in [0, 0.05) is 23.9 Å². The van der Waals surface area contributed by atoms with E-state index in [0.717, 1.165) is 35.6 Å². The lowest BCUT2D eigenvalue weighted by Gasteiger charge is -2.28. The second-order valence-corrected chi connectivity index (χ2v) is 10.9. The van der Waals surface area contributed by atoms with E-state index in [1.165, 1.54) is 0 Å². The number of methoxy groups -OCH3 is 1. The zero-order chi connectivity index (χ0) is 25.3. The highest BCUT2D eigenvalue weighted by Crippen LogP contribution is 2.43. The summed E-state index contributed by atoms with van der Waals surface area (Å²) in [6.45, 7) is 3.50. The van der Waals surface area contributed by atoms with Crippen LogP contribution in [0.4, 0.5) is 0 Å². The number of carbonyl (C=O) groups is 2. The third-order valence-corrected chi connectivity index (χ3v) is 7.33. The molecule has 2 aliphatic rings. The lowest BCUT2D eigenvalue weighted by Crippen LogP contribution is -2.35. The van der Waals surface area contributed by atoms with Gasteiger partial charge in [-0.3, -0.25) is 4.79 Å². The minimum absolute atomic E-state index is 0.238. The zero-order valence-corrected chi connectivity index (χ0v) is 24.8. The number of halogens is 4. The highest BCUT2D eigenvalue weighted by atomic mass is 79.9. The molecular weight excluding hydrogens is 706 g/mol. The minimum Gasteiger partial charge on any atom is -0.495 e. The van der Waals surface area contributed by atoms with Gasteiger partial charge in [-0.15, -0.1) is 0 Å². The average molecular weight is 731 g/mol. The molecule has 0 radical (unpaired) electrons. The standard InChI is InChI=1S/C21H23Br4N3O4.CH2O/c1-30-18-15(24)9-21(10-16(18)25)11-17(28-32-21)20(29)27-5-2-6-31-19-13(22)7-12(3-4-26)8-14(19)23;1-2/h7-9H,2-6,10-11,26H2,1H3,(H,27,29);1H2/t21-;/m1./s1. The SMILES string of the molecule is C=O.COC1=C(Br)C[C@]2(C=C1Br)CC(C(=O)NCCCOc1c(Br)cc(CCN)cc1Br)=NO2. The van der Waals surface area contributed by atoms with Crippen molar-refractivity contribution in [1.82, 2.24) is 5.32 Å². The molecule has 0 unspecified atom stereocenters. The van der Waals surface area contributed by atoms with Crippen LogP contribution in [0.15, 0.2) is 47.0 Å². The van der Waals surface area contributed by atoms with E-state index in [-0.39, 0.29) is 5.91 Å². The van der Waals surface area contributed by atoms with Crippen LogP contribution >= 0.6 is 63.7 Å². The molecule has 3 rings (SSSR count). The molecule has 1 aromatic carbocycles. The number of carbonyl (C=O) groups excluding carboxylic acids is 2. The number of hydrogen-bond donors (Lipinski definition) is 2. The van der Waals surface area contributed by atoms with Crippen molar-refractivity contribution in [3.8, 4) is 5.75 Å². The number of allylic oxidation sites excluding steroid dienone is 1. The van der Waals surface area contributed by atoms with Gasteiger partial charge < -0.3 is 30.2 Å². The largest absolute Gasteiger partial charge is 0.495 e. The number of hydrogen-bond acceptors (Lipinski definition) is 7. The van der Waals surface area contributed by atoms with E-state index >= 15 is 0 Å². The first kappa shape index (κ1) is 29.0. The fourth-order valence-corrected chi connectivity index (χ4v) is 6.87. The Morgan fingerprint density at radius 1 is 1.24 bits per heavy atom. The van der Waals surface area contributed by atoms with Gasteiger partial charge in [0.25, 0.3) is 5.91 Å². The predicted molar refractivity (Wildman–Crippen MR) is 145 cm³/mol. The summed E-state index contributed by atoms with van der Waals surface area (Å²) in [7, 11) is 1.60. The molecule has 34 heavy (non-hydrogen) atoms. The van der Waals surface area contributed by atoms with E-state index in [1.54, 1.807) is 7.11 Å². The van der Waals surface area contributed by atoms with E-state index in [1.807, 2.05) is 25.0 Å². The molecule has 1 aliphatic carbocycles. The Balaban J connectivity index is 0.00000199. The van der Waals surface area contributed by atoms with Crippen LogP contribution in [0, 0.1) is 0 Å². The van der Waals surface area contributed by atoms with Crippen molar-refractivity contribution in [2.45, 2.75) is 31.3 Å². The smallest absolute Gasteiger partial charge is 0.269 e. The van der Waals surface area contributed by atoms with E-state index in [4.69, 9.17) is 24.8 Å². The second-order valence-electron chi connectivity index (χ2n) is 7.36. The molecule has 3 N–H and O–H groups in total. The summed E-state index contributed by atoms with van der Waals surface area (Å²) in [5.74, 6) is 1.21. The van der Waals surface area contributed by atoms with Crippen LogP contribution in [0.25, 0.3) is 0 Å². The second kappa shape index (κ2) is 13.8. The first-order valence-corrected chi connectivity index (χ1v) is 13.4. The van der Waals surface area contributed by atoms with Gasteiger partial charge in [-0.05, 0) is 90.9 Å². The molecule has 0 aromatic heterocycles. The molecule has 0 saturated heterocycles. The van der Waals surface area contributed by atoms with Crippen molar-refractivity contribution in [2.24, 2.45) is 10.9 Å². The first-order chi connectivity index (χ1) is 16.3. The maximum absolute atomic E-state index is 12.5. The Hall–Kier alpha value is -1.21. The fraction of sp³-hybridized carbons (Fsp3) is 0.409. The molecule has 1 heterocycles. The van der Waals surface area contributed by atoms with Crippen molar-refractivity contribution < 1.29 is 23.9 Å². The van der Waals surface area contributed by atoms with Gasteiger partial charge in [0.1, 0.15) is 24.0 Å². The monoisotopic (exact) mass is 727 g/mol. The van der Waals surface area contributed by atoms with Crippen molar-refractivity contribution in [3.63, 3.8) is 0 Å². The van der Waals surface area contributed by atoms with E-state index in [2.05, 4.69) is 74.2 Å². The molecule has 12 heteroatoms. The van der Waals surface area contributed by atoms with Gasteiger partial charge >= 0.3 is 0 Å². The van der Waals surface area contributed by atoms with Crippen molar-refractivity contribution >= 4 is 82.1 Å². The summed E-state index contributed by atoms with van der Waals surface area (Å²) in [5.41, 5.74) is 6.42. The number of ether oxygens (including phenoxy) is 2. The molecule has 1 amide bonds. The summed E-state index contributed by atoms with van der Waals surface area (Å²) in [4.78, 5) is 26.2. The average Bonchev–Trinajstić information content (AvgIpc) is 3.19. The van der Waals surface area contributed by atoms with Crippen LogP contribution in [0.3, 0.4) is 0 Å². The maximum Gasteiger partial charge on any atom is 0.269 e. The van der Waals surface area contributed by atoms with Gasteiger partial charge in [0.15, 0.2) is 5.60 Å². The molecule has 1 spiro atoms. The minimum atomic E-state index is -0.690. The first-order valence-electron chi connectivity index (χ1n) is 10.2. The number of nitrogens with two attached hydrogens (primary N) is 1. The molecule has 8 nitrogen and oxygen atoms in total. The summed E-state index contributed by atoms with van der Waals surface area (Å²) < 4.78 is 14.6. The maximum atomic E-state index is 12.5. The Kier molecular flexibility index (Phi) is 11.8. The topological polar surface area (TPSA) is 112 Å². The number of benzene rings is 1. The Morgan fingerprint density at radius 2 is 1.91 bits per heavy atom. The number of amides is 1. The molecule has 1 atom stereocenters. The number of nitrogens with one attached hydrogen (secondary N) is 1. The molecule has 1 aliphatic heterocycles. The molecule has 0 bridgehead atoms. The van der Waals surface area contributed by atoms with Crippen LogP contribution in [0.1, 0.15) is 24.8 Å². The lowest BCUT2D eigenvalue weighted by molar-refractivity contribution is -0.114. The molecule has 0 saturated carbocycles. The highest BCUT2D eigenvalue weighted by molar-refractivity contribution is 9.12. The van der Waals surface area contributed by atoms with Gasteiger partial charge in [-0.25, -0.2) is 0 Å². The highest BCUT2D eigenvalue weighted by Gasteiger charge is 2.43. The Labute approximate surface area is 232 Å². The van der Waals surface area contributed by atoms with Crippen LogP contribution in [0.5, 0.6) is 5.75 Å². The van der Waals surface area contributed by atoms with Gasteiger partial charge in [-0.2, -0.15) is 0 Å². The van der Waals surface area contributed by atoms with Crippen LogP contribution in [-0.4, -0.2) is 50.8 Å². The van der Waals surface area contributed by atoms with Crippen LogP contribution in [0.2, 0.25) is 0 Å². The van der Waals surface area contributed by atoms with Gasteiger partial charge in [0.2, 0.25) is 0 Å². The summed E-state index contributed by atoms with van der Waals surface area (Å²) in [6.07, 6.45) is 4.25. The van der Waals surface area contributed by atoms with Gasteiger partial charge in [0.05, 0.1) is 27.1 Å². The summed E-state index contributed by atoms with van der Waals surface area (Å²) in [5, 5.41) is 6.91. The number of rotatable bonds is 9. The van der Waals surface area contributed by atoms with Crippen molar-refractivity contribution in [2.75, 3.05) is 26.8 Å². The third kappa shape index (κ3) is 7.39. The van der Waals surface area contributed by atoms with Crippen molar-refractivity contribution in [1.29, 1.82) is 0 Å². The van der Waals surface area contributed by atoms with Crippen LogP contribution in [-0.2, 0) is 25.6 Å². The van der Waals surface area contributed by atoms with E-state index < -0.39 is 5.60 Å².